The summed E-state index contributed by atoms with van der Waals surface area (Å²) in [5, 5.41) is 6.89. The number of nitrogens with zero attached hydrogens (tertiary/aromatic N) is 3. The maximum atomic E-state index is 11.6. The summed E-state index contributed by atoms with van der Waals surface area (Å²) in [5.74, 6) is 2.64. The van der Waals surface area contributed by atoms with Gasteiger partial charge in [0.25, 0.3) is 5.91 Å². The number of piperidine rings is 1. The third-order valence-corrected chi connectivity index (χ3v) is 5.62. The summed E-state index contributed by atoms with van der Waals surface area (Å²) in [6, 6.07) is 6.37. The molecule has 28 heavy (non-hydrogen) atoms. The van der Waals surface area contributed by atoms with E-state index in [-0.39, 0.29) is 11.8 Å². The second kappa shape index (κ2) is 8.20. The average Bonchev–Trinajstić information content (AvgIpc) is 3.33. The zero-order chi connectivity index (χ0) is 19.5. The van der Waals surface area contributed by atoms with Crippen LogP contribution in [-0.4, -0.2) is 35.7 Å². The molecule has 0 radical (unpaired) electrons. The zero-order valence-electron chi connectivity index (χ0n) is 16.6. The van der Waals surface area contributed by atoms with E-state index in [9.17, 15) is 4.79 Å². The van der Waals surface area contributed by atoms with Crippen LogP contribution in [0, 0.1) is 5.92 Å². The molecule has 3 heterocycles. The highest BCUT2D eigenvalue weighted by atomic mass is 16.5. The number of carbonyl (C=O) groups excluding carboxylic acids is 1. The Balaban J connectivity index is 1.17. The number of nitrogens with one attached hydrogen (secondary N) is 1. The molecule has 150 valence electrons. The number of rotatable bonds is 7. The molecule has 2 aliphatic heterocycles. The van der Waals surface area contributed by atoms with Crippen LogP contribution in [0.1, 0.15) is 67.2 Å². The lowest BCUT2D eigenvalue weighted by molar-refractivity contribution is 0.0965. The normalized spacial score (nSPS) is 17.1. The van der Waals surface area contributed by atoms with Crippen molar-refractivity contribution < 1.29 is 14.1 Å². The fourth-order valence-electron chi connectivity index (χ4n) is 3.86. The third-order valence-electron chi connectivity index (χ3n) is 5.62. The van der Waals surface area contributed by atoms with Gasteiger partial charge in [-0.05, 0) is 55.4 Å². The number of aromatic nitrogens is 2. The van der Waals surface area contributed by atoms with Crippen LogP contribution in [0.4, 0.5) is 6.01 Å². The molecular formula is C21H28N4O3. The van der Waals surface area contributed by atoms with Crippen LogP contribution in [0.5, 0.6) is 5.75 Å². The average molecular weight is 384 g/mol. The van der Waals surface area contributed by atoms with Crippen molar-refractivity contribution in [2.24, 2.45) is 5.92 Å². The highest BCUT2D eigenvalue weighted by molar-refractivity contribution is 5.98. The first-order valence-electron chi connectivity index (χ1n) is 10.2. The Morgan fingerprint density at radius 1 is 1.32 bits per heavy atom. The molecule has 1 fully saturated rings. The number of carbonyl (C=O) groups is 1. The van der Waals surface area contributed by atoms with Gasteiger partial charge in [-0.2, -0.15) is 4.98 Å². The van der Waals surface area contributed by atoms with Crippen LogP contribution in [0.15, 0.2) is 22.7 Å². The Morgan fingerprint density at radius 3 is 2.89 bits per heavy atom. The predicted molar refractivity (Wildman–Crippen MR) is 106 cm³/mol. The van der Waals surface area contributed by atoms with E-state index in [0.29, 0.717) is 25.1 Å². The van der Waals surface area contributed by atoms with E-state index in [1.165, 1.54) is 6.42 Å². The number of hydrogen-bond acceptors (Lipinski definition) is 6. The van der Waals surface area contributed by atoms with E-state index < -0.39 is 0 Å². The van der Waals surface area contributed by atoms with Crippen LogP contribution in [0.2, 0.25) is 0 Å². The molecule has 7 heteroatoms. The Bertz CT molecular complexity index is 825. The van der Waals surface area contributed by atoms with Gasteiger partial charge in [0.1, 0.15) is 5.75 Å². The minimum Gasteiger partial charge on any atom is -0.494 e. The van der Waals surface area contributed by atoms with Gasteiger partial charge in [0, 0.05) is 31.1 Å². The lowest BCUT2D eigenvalue weighted by Gasteiger charge is -2.30. The van der Waals surface area contributed by atoms with E-state index in [4.69, 9.17) is 9.26 Å². The highest BCUT2D eigenvalue weighted by Gasteiger charge is 2.23. The summed E-state index contributed by atoms with van der Waals surface area (Å²) in [6.45, 7) is 7.39. The standard InChI is InChI=1S/C21H28N4O3/c1-14(2)19-23-21(28-24-19)25-9-7-15(8-10-25)4-3-11-27-17-5-6-18-16(12-17)13-22-20(18)26/h5-6,12,14-15H,3-4,7-11,13H2,1-2H3,(H,22,26). The smallest absolute Gasteiger partial charge is 0.324 e. The van der Waals surface area contributed by atoms with Crippen molar-refractivity contribution in [2.75, 3.05) is 24.6 Å². The van der Waals surface area contributed by atoms with Gasteiger partial charge in [-0.25, -0.2) is 0 Å². The Hall–Kier alpha value is -2.57. The molecule has 2 aromatic rings. The van der Waals surface area contributed by atoms with E-state index in [0.717, 1.165) is 55.1 Å². The van der Waals surface area contributed by atoms with Crippen molar-refractivity contribution in [3.8, 4) is 5.75 Å². The molecule has 1 aromatic heterocycles. The summed E-state index contributed by atoms with van der Waals surface area (Å²) >= 11 is 0. The fraction of sp³-hybridized carbons (Fsp3) is 0.571. The van der Waals surface area contributed by atoms with Crippen molar-refractivity contribution in [3.63, 3.8) is 0 Å². The number of fused-ring (bicyclic) bond motifs is 1. The van der Waals surface area contributed by atoms with Gasteiger partial charge in [-0.1, -0.05) is 19.0 Å². The first kappa shape index (κ1) is 18.8. The van der Waals surface area contributed by atoms with Crippen LogP contribution >= 0.6 is 0 Å². The number of amides is 1. The minimum atomic E-state index is 0.00820. The molecule has 0 saturated carbocycles. The van der Waals surface area contributed by atoms with Crippen molar-refractivity contribution >= 4 is 11.9 Å². The molecule has 0 bridgehead atoms. The zero-order valence-corrected chi connectivity index (χ0v) is 16.6. The summed E-state index contributed by atoms with van der Waals surface area (Å²) < 4.78 is 11.3. The molecule has 0 unspecified atom stereocenters. The number of hydrogen-bond donors (Lipinski definition) is 1. The van der Waals surface area contributed by atoms with Crippen molar-refractivity contribution in [1.82, 2.24) is 15.5 Å². The fourth-order valence-corrected chi connectivity index (χ4v) is 3.86. The molecule has 1 amide bonds. The third kappa shape index (κ3) is 4.13. The predicted octanol–water partition coefficient (Wildman–Crippen LogP) is 3.51. The quantitative estimate of drug-likeness (QED) is 0.736. The first-order valence-corrected chi connectivity index (χ1v) is 10.2. The number of ether oxygens (including phenoxy) is 1. The molecular weight excluding hydrogens is 356 g/mol. The number of benzene rings is 1. The topological polar surface area (TPSA) is 80.5 Å². The molecule has 0 aliphatic carbocycles. The van der Waals surface area contributed by atoms with Crippen LogP contribution in [-0.2, 0) is 6.54 Å². The van der Waals surface area contributed by atoms with Crippen molar-refractivity contribution in [3.05, 3.63) is 35.2 Å². The Morgan fingerprint density at radius 2 is 2.14 bits per heavy atom. The van der Waals surface area contributed by atoms with Crippen LogP contribution < -0.4 is 15.0 Å². The van der Waals surface area contributed by atoms with Gasteiger partial charge < -0.3 is 19.5 Å². The molecule has 0 spiro atoms. The highest BCUT2D eigenvalue weighted by Crippen LogP contribution is 2.26. The molecule has 7 nitrogen and oxygen atoms in total. The molecule has 4 rings (SSSR count). The molecule has 1 aromatic carbocycles. The van der Waals surface area contributed by atoms with Gasteiger partial charge >= 0.3 is 6.01 Å². The van der Waals surface area contributed by atoms with Crippen molar-refractivity contribution in [2.45, 2.75) is 52.0 Å². The minimum absolute atomic E-state index is 0.00820. The molecule has 0 atom stereocenters. The van der Waals surface area contributed by atoms with Gasteiger partial charge in [0.05, 0.1) is 6.61 Å². The second-order valence-corrected chi connectivity index (χ2v) is 8.01. The molecule has 2 aliphatic rings. The Labute approximate surface area is 165 Å². The second-order valence-electron chi connectivity index (χ2n) is 8.01. The van der Waals surface area contributed by atoms with Gasteiger partial charge in [0.15, 0.2) is 5.82 Å². The maximum absolute atomic E-state index is 11.6. The summed E-state index contributed by atoms with van der Waals surface area (Å²) in [6.07, 6.45) is 4.49. The van der Waals surface area contributed by atoms with E-state index in [2.05, 4.69) is 34.2 Å². The largest absolute Gasteiger partial charge is 0.494 e. The SMILES string of the molecule is CC(C)c1noc(N2CCC(CCCOc3ccc4c(c3)CNC4=O)CC2)n1. The lowest BCUT2D eigenvalue weighted by Crippen LogP contribution is -2.34. The maximum Gasteiger partial charge on any atom is 0.324 e. The lowest BCUT2D eigenvalue weighted by atomic mass is 9.92. The van der Waals surface area contributed by atoms with E-state index in [1.807, 2.05) is 18.2 Å². The van der Waals surface area contributed by atoms with Crippen LogP contribution in [0.3, 0.4) is 0 Å². The van der Waals surface area contributed by atoms with Gasteiger partial charge in [-0.3, -0.25) is 4.79 Å². The first-order chi connectivity index (χ1) is 13.6. The summed E-state index contributed by atoms with van der Waals surface area (Å²) in [7, 11) is 0. The van der Waals surface area contributed by atoms with E-state index >= 15 is 0 Å². The molecule has 1 saturated heterocycles. The van der Waals surface area contributed by atoms with Gasteiger partial charge in [-0.15, -0.1) is 0 Å². The summed E-state index contributed by atoms with van der Waals surface area (Å²) in [5.41, 5.74) is 1.79. The monoisotopic (exact) mass is 384 g/mol. The Kier molecular flexibility index (Phi) is 5.50. The number of anilines is 1. The summed E-state index contributed by atoms with van der Waals surface area (Å²) in [4.78, 5) is 18.3. The van der Waals surface area contributed by atoms with E-state index in [1.54, 1.807) is 0 Å². The van der Waals surface area contributed by atoms with Crippen LogP contribution in [0.25, 0.3) is 0 Å². The molecule has 1 N–H and O–H groups in total. The van der Waals surface area contributed by atoms with Crippen molar-refractivity contribution in [1.29, 1.82) is 0 Å². The van der Waals surface area contributed by atoms with Gasteiger partial charge in [0.2, 0.25) is 0 Å².